The number of para-hydroxylation sites is 1. The first-order valence-electron chi connectivity index (χ1n) is 7.52. The van der Waals surface area contributed by atoms with Gasteiger partial charge in [-0.25, -0.2) is 8.78 Å². The summed E-state index contributed by atoms with van der Waals surface area (Å²) >= 11 is 0. The third kappa shape index (κ3) is 4.16. The summed E-state index contributed by atoms with van der Waals surface area (Å²) in [5, 5.41) is 2.18. The molecule has 0 bridgehead atoms. The zero-order chi connectivity index (χ0) is 17.7. The van der Waals surface area contributed by atoms with Gasteiger partial charge in [0.15, 0.2) is 0 Å². The number of carbonyl (C=O) groups excluding carboxylic acids is 2. The topological polar surface area (TPSA) is 49.4 Å². The molecule has 0 saturated carbocycles. The molecule has 0 saturated heterocycles. The Morgan fingerprint density at radius 2 is 1.71 bits per heavy atom. The molecule has 2 aromatic carbocycles. The van der Waals surface area contributed by atoms with Crippen molar-refractivity contribution in [2.24, 2.45) is 0 Å². The van der Waals surface area contributed by atoms with Crippen molar-refractivity contribution in [1.82, 2.24) is 4.90 Å². The summed E-state index contributed by atoms with van der Waals surface area (Å²) in [6.45, 7) is 3.59. The number of carbonyl (C=O) groups is 2. The zero-order valence-electron chi connectivity index (χ0n) is 13.5. The molecular formula is C18H18F2N2O2. The van der Waals surface area contributed by atoms with Crippen LogP contribution in [-0.4, -0.2) is 29.8 Å². The zero-order valence-corrected chi connectivity index (χ0v) is 13.5. The van der Waals surface area contributed by atoms with E-state index in [4.69, 9.17) is 0 Å². The molecule has 0 atom stereocenters. The van der Waals surface area contributed by atoms with Crippen molar-refractivity contribution in [2.45, 2.75) is 13.8 Å². The van der Waals surface area contributed by atoms with Crippen LogP contribution in [0, 0.1) is 18.6 Å². The average Bonchev–Trinajstić information content (AvgIpc) is 2.55. The van der Waals surface area contributed by atoms with Gasteiger partial charge in [-0.2, -0.15) is 0 Å². The minimum absolute atomic E-state index is 0.292. The fourth-order valence-electron chi connectivity index (χ4n) is 2.26. The van der Waals surface area contributed by atoms with Crippen LogP contribution in [0.15, 0.2) is 42.5 Å². The van der Waals surface area contributed by atoms with E-state index in [1.54, 1.807) is 25.1 Å². The van der Waals surface area contributed by atoms with Gasteiger partial charge in [0.05, 0.1) is 0 Å². The maximum absolute atomic E-state index is 13.6. The quantitative estimate of drug-likeness (QED) is 0.912. The number of anilines is 1. The lowest BCUT2D eigenvalue weighted by Crippen LogP contribution is -2.38. The van der Waals surface area contributed by atoms with E-state index in [-0.39, 0.29) is 12.5 Å². The first-order chi connectivity index (χ1) is 11.4. The molecule has 4 nitrogen and oxygen atoms in total. The van der Waals surface area contributed by atoms with E-state index in [0.717, 1.165) is 17.7 Å². The molecular weight excluding hydrogens is 314 g/mol. The molecule has 6 heteroatoms. The van der Waals surface area contributed by atoms with Gasteiger partial charge in [-0.1, -0.05) is 23.8 Å². The van der Waals surface area contributed by atoms with E-state index < -0.39 is 23.2 Å². The monoisotopic (exact) mass is 332 g/mol. The standard InChI is InChI=1S/C18H18F2N2O2/c1-3-22(18(24)13-7-4-6-12(2)10-13)11-16(23)21-17-14(19)8-5-9-15(17)20/h4-10H,3,11H2,1-2H3,(H,21,23). The number of benzene rings is 2. The largest absolute Gasteiger partial charge is 0.330 e. The molecule has 0 heterocycles. The molecule has 0 aliphatic heterocycles. The lowest BCUT2D eigenvalue weighted by molar-refractivity contribution is -0.116. The summed E-state index contributed by atoms with van der Waals surface area (Å²) in [4.78, 5) is 25.8. The van der Waals surface area contributed by atoms with Gasteiger partial charge in [-0.05, 0) is 38.1 Å². The summed E-state index contributed by atoms with van der Waals surface area (Å²) < 4.78 is 27.1. The minimum Gasteiger partial charge on any atom is -0.330 e. The van der Waals surface area contributed by atoms with Crippen LogP contribution < -0.4 is 5.32 Å². The van der Waals surface area contributed by atoms with Crippen LogP contribution in [0.4, 0.5) is 14.5 Å². The van der Waals surface area contributed by atoms with E-state index in [2.05, 4.69) is 5.32 Å². The Labute approximate surface area is 139 Å². The number of aryl methyl sites for hydroxylation is 1. The van der Waals surface area contributed by atoms with Crippen molar-refractivity contribution in [2.75, 3.05) is 18.4 Å². The van der Waals surface area contributed by atoms with E-state index in [0.29, 0.717) is 12.1 Å². The van der Waals surface area contributed by atoms with Crippen LogP contribution in [0.2, 0.25) is 0 Å². The molecule has 0 aromatic heterocycles. The van der Waals surface area contributed by atoms with Crippen molar-refractivity contribution in [1.29, 1.82) is 0 Å². The molecule has 2 amide bonds. The molecule has 2 aromatic rings. The Morgan fingerprint density at radius 1 is 1.08 bits per heavy atom. The second kappa shape index (κ2) is 7.68. The second-order valence-corrected chi connectivity index (χ2v) is 5.33. The van der Waals surface area contributed by atoms with Gasteiger partial charge in [-0.15, -0.1) is 0 Å². The molecule has 1 N–H and O–H groups in total. The molecule has 0 unspecified atom stereocenters. The third-order valence-electron chi connectivity index (χ3n) is 3.50. The van der Waals surface area contributed by atoms with Crippen LogP contribution in [0.25, 0.3) is 0 Å². The maximum Gasteiger partial charge on any atom is 0.254 e. The van der Waals surface area contributed by atoms with E-state index in [1.165, 1.54) is 11.0 Å². The number of nitrogens with zero attached hydrogens (tertiary/aromatic N) is 1. The first kappa shape index (κ1) is 17.6. The van der Waals surface area contributed by atoms with Crippen molar-refractivity contribution < 1.29 is 18.4 Å². The highest BCUT2D eigenvalue weighted by atomic mass is 19.1. The number of rotatable bonds is 5. The van der Waals surface area contributed by atoms with E-state index >= 15 is 0 Å². The van der Waals surface area contributed by atoms with E-state index in [1.807, 2.05) is 13.0 Å². The Bertz CT molecular complexity index is 742. The molecule has 24 heavy (non-hydrogen) atoms. The predicted octanol–water partition coefficient (Wildman–Crippen LogP) is 3.37. The van der Waals surface area contributed by atoms with Crippen LogP contribution in [0.5, 0.6) is 0 Å². The normalized spacial score (nSPS) is 10.3. The van der Waals surface area contributed by atoms with Crippen molar-refractivity contribution in [3.63, 3.8) is 0 Å². The van der Waals surface area contributed by atoms with Crippen molar-refractivity contribution >= 4 is 17.5 Å². The van der Waals surface area contributed by atoms with Gasteiger partial charge in [0.25, 0.3) is 5.91 Å². The maximum atomic E-state index is 13.6. The fourth-order valence-corrected chi connectivity index (χ4v) is 2.26. The van der Waals surface area contributed by atoms with Gasteiger partial charge >= 0.3 is 0 Å². The highest BCUT2D eigenvalue weighted by Gasteiger charge is 2.19. The lowest BCUT2D eigenvalue weighted by Gasteiger charge is -2.20. The minimum atomic E-state index is -0.864. The highest BCUT2D eigenvalue weighted by Crippen LogP contribution is 2.18. The molecule has 126 valence electrons. The Balaban J connectivity index is 2.09. The lowest BCUT2D eigenvalue weighted by atomic mass is 10.1. The molecule has 0 aliphatic rings. The molecule has 0 aliphatic carbocycles. The smallest absolute Gasteiger partial charge is 0.254 e. The summed E-state index contributed by atoms with van der Waals surface area (Å²) in [5.41, 5.74) is 0.873. The summed E-state index contributed by atoms with van der Waals surface area (Å²) in [6.07, 6.45) is 0. The van der Waals surface area contributed by atoms with Crippen LogP contribution in [-0.2, 0) is 4.79 Å². The number of hydrogen-bond donors (Lipinski definition) is 1. The number of halogens is 2. The van der Waals surface area contributed by atoms with Gasteiger partial charge in [0.2, 0.25) is 5.91 Å². The van der Waals surface area contributed by atoms with E-state index in [9.17, 15) is 18.4 Å². The Morgan fingerprint density at radius 3 is 2.29 bits per heavy atom. The predicted molar refractivity (Wildman–Crippen MR) is 87.7 cm³/mol. The van der Waals surface area contributed by atoms with Crippen LogP contribution in [0.1, 0.15) is 22.8 Å². The Hall–Kier alpha value is -2.76. The first-order valence-corrected chi connectivity index (χ1v) is 7.52. The third-order valence-corrected chi connectivity index (χ3v) is 3.50. The second-order valence-electron chi connectivity index (χ2n) is 5.33. The summed E-state index contributed by atoms with van der Waals surface area (Å²) in [6, 6.07) is 10.3. The number of nitrogens with one attached hydrogen (secondary N) is 1. The Kier molecular flexibility index (Phi) is 5.63. The molecule has 2 rings (SSSR count). The van der Waals surface area contributed by atoms with Gasteiger partial charge in [-0.3, -0.25) is 9.59 Å². The highest BCUT2D eigenvalue weighted by molar-refractivity contribution is 5.99. The van der Waals surface area contributed by atoms with Gasteiger partial charge in [0.1, 0.15) is 23.9 Å². The molecule has 0 radical (unpaired) electrons. The average molecular weight is 332 g/mol. The van der Waals surface area contributed by atoms with Gasteiger partial charge < -0.3 is 10.2 Å². The molecule has 0 spiro atoms. The molecule has 0 fully saturated rings. The SMILES string of the molecule is CCN(CC(=O)Nc1c(F)cccc1F)C(=O)c1cccc(C)c1. The van der Waals surface area contributed by atoms with Crippen LogP contribution >= 0.6 is 0 Å². The number of amides is 2. The number of likely N-dealkylation sites (N-methyl/N-ethyl adjacent to an activating group) is 1. The summed E-state index contributed by atoms with van der Waals surface area (Å²) in [5.74, 6) is -2.71. The fraction of sp³-hybridized carbons (Fsp3) is 0.222. The van der Waals surface area contributed by atoms with Crippen LogP contribution in [0.3, 0.4) is 0 Å². The van der Waals surface area contributed by atoms with Gasteiger partial charge in [0, 0.05) is 12.1 Å². The van der Waals surface area contributed by atoms with Crippen molar-refractivity contribution in [3.05, 3.63) is 65.2 Å². The number of hydrogen-bond acceptors (Lipinski definition) is 2. The van der Waals surface area contributed by atoms with Crippen molar-refractivity contribution in [3.8, 4) is 0 Å². The summed E-state index contributed by atoms with van der Waals surface area (Å²) in [7, 11) is 0.